The number of aliphatic hydroxyl groups is 2. The van der Waals surface area contributed by atoms with Gasteiger partial charge in [0.25, 0.3) is 0 Å². The molecule has 3 aromatic rings. The van der Waals surface area contributed by atoms with Crippen LogP contribution >= 0.6 is 0 Å². The van der Waals surface area contributed by atoms with Crippen molar-refractivity contribution in [3.8, 4) is 0 Å². The van der Waals surface area contributed by atoms with E-state index in [1.807, 2.05) is 18.2 Å². The second kappa shape index (κ2) is 18.4. The number of benzene rings is 3. The van der Waals surface area contributed by atoms with Gasteiger partial charge in [0, 0.05) is 17.9 Å². The van der Waals surface area contributed by atoms with E-state index in [4.69, 9.17) is 28.6 Å². The van der Waals surface area contributed by atoms with Gasteiger partial charge in [0.15, 0.2) is 5.79 Å². The van der Waals surface area contributed by atoms with Crippen molar-refractivity contribution in [1.29, 1.82) is 0 Å². The highest BCUT2D eigenvalue weighted by atomic mass is 16.7. The topological polar surface area (TPSA) is 126 Å². The highest BCUT2D eigenvalue weighted by Gasteiger charge is 2.57. The molecule has 9 atom stereocenters. The fourth-order valence-electron chi connectivity index (χ4n) is 5.30. The van der Waals surface area contributed by atoms with E-state index in [1.165, 1.54) is 6.08 Å². The zero-order valence-corrected chi connectivity index (χ0v) is 25.4. The molecule has 1 saturated heterocycles. The van der Waals surface area contributed by atoms with Crippen molar-refractivity contribution in [3.05, 3.63) is 131 Å². The number of unbranched alkanes of at least 4 members (excludes halogenated alkanes) is 3. The van der Waals surface area contributed by atoms with Crippen molar-refractivity contribution in [2.75, 3.05) is 6.54 Å². The van der Waals surface area contributed by atoms with Crippen molar-refractivity contribution in [1.82, 2.24) is 0 Å². The van der Waals surface area contributed by atoms with Crippen molar-refractivity contribution in [2.45, 2.75) is 94.6 Å². The van der Waals surface area contributed by atoms with E-state index in [-0.39, 0.29) is 12.8 Å². The molecule has 3 aromatic carbocycles. The third-order valence-corrected chi connectivity index (χ3v) is 7.59. The Morgan fingerprint density at radius 2 is 1.36 bits per heavy atom. The summed E-state index contributed by atoms with van der Waals surface area (Å²) in [7, 11) is 0. The van der Waals surface area contributed by atoms with E-state index < -0.39 is 56.1 Å². The molecule has 0 saturated carbocycles. The second-order valence-corrected chi connectivity index (χ2v) is 11.0. The fourth-order valence-corrected chi connectivity index (χ4v) is 5.30. The maximum atomic E-state index is 12.2. The van der Waals surface area contributed by atoms with Crippen LogP contribution in [-0.2, 0) is 38.7 Å². The highest BCUT2D eigenvalue weighted by Crippen LogP contribution is 2.39. The molecule has 0 aromatic heterocycles. The molecule has 0 radical (unpaired) electrons. The molecule has 2 N–H and O–H groups in total. The highest BCUT2D eigenvalue weighted by molar-refractivity contribution is 5.16. The molecule has 1 fully saturated rings. The number of hydrogen-bond donors (Lipinski definition) is 2. The first-order chi connectivity index (χ1) is 23.3. The Morgan fingerprint density at radius 3 is 1.89 bits per heavy atom. The van der Waals surface area contributed by atoms with Gasteiger partial charge in [-0.05, 0) is 35.1 Å². The molecule has 4 rings (SSSR count). The predicted molar refractivity (Wildman–Crippen MR) is 173 cm³/mol. The third-order valence-electron chi connectivity index (χ3n) is 7.59. The SMILES string of the molecule is [2H]C(O[C@@H]1[C@H](OC([2H])c2ccccc2)[C@@H](OC([2H])c2ccccc2)C(O)(CC=C)O[C@@H]1C(O)CCCCCCN=[N+]=[N-])c1ccccc1. The minimum atomic E-state index is -2.14. The Kier molecular flexibility index (Phi) is 12.4. The zero-order chi connectivity index (χ0) is 34.4. The van der Waals surface area contributed by atoms with Crippen LogP contribution in [0.3, 0.4) is 0 Å². The van der Waals surface area contributed by atoms with E-state index in [0.29, 0.717) is 29.7 Å². The van der Waals surface area contributed by atoms with Gasteiger partial charge in [-0.3, -0.25) is 0 Å². The zero-order valence-electron chi connectivity index (χ0n) is 28.4. The van der Waals surface area contributed by atoms with Crippen LogP contribution in [0.5, 0.6) is 0 Å². The number of nitrogens with zero attached hydrogens (tertiary/aromatic N) is 3. The normalized spacial score (nSPS) is 26.7. The standard InChI is InChI=1S/C36H45N3O6/c1-2-23-36(41)35(44-27-30-20-12-7-13-21-30)34(43-26-29-18-10-6-11-19-29)33(42-25-28-16-8-5-9-17-28)32(45-36)31(40)22-14-3-4-15-24-38-39-37/h2,5-13,16-21,31-35,40-41H,1,3-4,14-15,22-27H2/t31?,32-,33+,34+,35-,36?/m1/s1/i25D,26D,27D/t25?,26?,27?,31?,32-,33+,34+,35-,36?. The lowest BCUT2D eigenvalue weighted by molar-refractivity contribution is -0.374. The van der Waals surface area contributed by atoms with E-state index in [9.17, 15) is 10.2 Å². The third kappa shape index (κ3) is 10.5. The van der Waals surface area contributed by atoms with Crippen LogP contribution < -0.4 is 0 Å². The number of rotatable bonds is 19. The summed E-state index contributed by atoms with van der Waals surface area (Å²) in [4.78, 5) is 2.77. The predicted octanol–water partition coefficient (Wildman–Crippen LogP) is 7.03. The van der Waals surface area contributed by atoms with Gasteiger partial charge in [0.1, 0.15) is 24.4 Å². The molecular formula is C36H45N3O6. The van der Waals surface area contributed by atoms with Crippen LogP contribution in [0.2, 0.25) is 0 Å². The Hall–Kier alpha value is -3.53. The van der Waals surface area contributed by atoms with Crippen LogP contribution in [0.15, 0.2) is 109 Å². The Labute approximate surface area is 270 Å². The Morgan fingerprint density at radius 1 is 0.844 bits per heavy atom. The average molecular weight is 619 g/mol. The van der Waals surface area contributed by atoms with Gasteiger partial charge in [-0.2, -0.15) is 0 Å². The maximum absolute atomic E-state index is 12.2. The van der Waals surface area contributed by atoms with Crippen LogP contribution in [-0.4, -0.2) is 53.1 Å². The van der Waals surface area contributed by atoms with Crippen molar-refractivity contribution < 1.29 is 33.3 Å². The number of hydrogen-bond acceptors (Lipinski definition) is 7. The lowest BCUT2D eigenvalue weighted by atomic mass is 9.86. The number of azide groups is 1. The molecule has 0 spiro atoms. The first-order valence-electron chi connectivity index (χ1n) is 17.1. The largest absolute Gasteiger partial charge is 0.390 e. The molecule has 0 aliphatic carbocycles. The van der Waals surface area contributed by atoms with Crippen LogP contribution in [0.25, 0.3) is 10.4 Å². The molecule has 9 nitrogen and oxygen atoms in total. The van der Waals surface area contributed by atoms with Crippen LogP contribution in [0, 0.1) is 0 Å². The summed E-state index contributed by atoms with van der Waals surface area (Å²) >= 11 is 0. The number of ether oxygens (including phenoxy) is 4. The molecule has 9 heteroatoms. The van der Waals surface area contributed by atoms with Gasteiger partial charge in [0.05, 0.1) is 30.0 Å². The molecule has 5 unspecified atom stereocenters. The minimum absolute atomic E-state index is 0.147. The first kappa shape index (κ1) is 30.1. The van der Waals surface area contributed by atoms with Gasteiger partial charge in [-0.25, -0.2) is 0 Å². The molecule has 1 aliphatic heterocycles. The maximum Gasteiger partial charge on any atom is 0.198 e. The Balaban J connectivity index is 1.72. The lowest BCUT2D eigenvalue weighted by Crippen LogP contribution is -2.68. The van der Waals surface area contributed by atoms with E-state index in [0.717, 1.165) is 19.3 Å². The smallest absolute Gasteiger partial charge is 0.198 e. The number of aliphatic hydroxyl groups excluding tert-OH is 1. The molecule has 1 heterocycles. The Bertz CT molecular complexity index is 1420. The average Bonchev–Trinajstić information content (AvgIpc) is 3.11. The van der Waals surface area contributed by atoms with Crippen molar-refractivity contribution in [3.63, 3.8) is 0 Å². The molecule has 0 bridgehead atoms. The summed E-state index contributed by atoms with van der Waals surface area (Å²) in [6, 6.07) is 26.6. The van der Waals surface area contributed by atoms with Crippen LogP contribution in [0.4, 0.5) is 0 Å². The van der Waals surface area contributed by atoms with Crippen LogP contribution in [0.1, 0.15) is 59.3 Å². The van der Waals surface area contributed by atoms with Crippen molar-refractivity contribution in [2.24, 2.45) is 5.11 Å². The summed E-state index contributed by atoms with van der Waals surface area (Å²) in [5, 5.41) is 27.4. The quantitative estimate of drug-likeness (QED) is 0.0489. The summed E-state index contributed by atoms with van der Waals surface area (Å²) in [5.41, 5.74) is 10.1. The van der Waals surface area contributed by atoms with Gasteiger partial charge in [-0.15, -0.1) is 6.58 Å². The van der Waals surface area contributed by atoms with E-state index in [2.05, 4.69) is 16.6 Å². The van der Waals surface area contributed by atoms with E-state index >= 15 is 0 Å². The first-order valence-corrected chi connectivity index (χ1v) is 15.4. The second-order valence-electron chi connectivity index (χ2n) is 11.0. The van der Waals surface area contributed by atoms with Gasteiger partial charge in [-0.1, -0.05) is 121 Å². The van der Waals surface area contributed by atoms with E-state index in [1.54, 1.807) is 72.8 Å². The molecule has 45 heavy (non-hydrogen) atoms. The van der Waals surface area contributed by atoms with Gasteiger partial charge in [0.2, 0.25) is 0 Å². The summed E-state index contributed by atoms with van der Waals surface area (Å²) in [5.74, 6) is -2.14. The molecular weight excluding hydrogens is 570 g/mol. The lowest BCUT2D eigenvalue weighted by Gasteiger charge is -2.51. The summed E-state index contributed by atoms with van der Waals surface area (Å²) in [6.07, 6.45) is -1.79. The molecule has 0 amide bonds. The molecule has 1 aliphatic rings. The van der Waals surface area contributed by atoms with Crippen molar-refractivity contribution >= 4 is 0 Å². The summed E-state index contributed by atoms with van der Waals surface area (Å²) < 4.78 is 52.1. The monoisotopic (exact) mass is 618 g/mol. The molecule has 240 valence electrons. The van der Waals surface area contributed by atoms with Gasteiger partial charge < -0.3 is 29.2 Å². The minimum Gasteiger partial charge on any atom is -0.390 e. The fraction of sp³-hybridized carbons (Fsp3) is 0.444. The van der Waals surface area contributed by atoms with Gasteiger partial charge >= 0.3 is 0 Å². The summed E-state index contributed by atoms with van der Waals surface area (Å²) in [6.45, 7) is 0.407.